The van der Waals surface area contributed by atoms with Crippen molar-refractivity contribution in [3.8, 4) is 5.69 Å². The van der Waals surface area contributed by atoms with Gasteiger partial charge in [0.05, 0.1) is 33.6 Å². The number of amides is 1. The molecule has 1 atom stereocenters. The monoisotopic (exact) mass is 426 g/mol. The fraction of sp³-hybridized carbons (Fsp3) is 0.316. The van der Waals surface area contributed by atoms with Crippen LogP contribution in [0.3, 0.4) is 0 Å². The third-order valence-electron chi connectivity index (χ3n) is 4.50. The number of rotatable bonds is 4. The Kier molecular flexibility index (Phi) is 5.44. The van der Waals surface area contributed by atoms with Crippen LogP contribution in [-0.2, 0) is 11.0 Å². The van der Waals surface area contributed by atoms with Gasteiger partial charge in [-0.15, -0.1) is 0 Å². The van der Waals surface area contributed by atoms with Gasteiger partial charge in [-0.3, -0.25) is 4.79 Å². The maximum Gasteiger partial charge on any atom is 0.416 e. The lowest BCUT2D eigenvalue weighted by atomic mass is 9.99. The Bertz CT molecular complexity index is 1050. The first kappa shape index (κ1) is 20.9. The molecule has 1 unspecified atom stereocenters. The summed E-state index contributed by atoms with van der Waals surface area (Å²) in [5.74, 6) is -0.256. The minimum absolute atomic E-state index is 0.00915. The number of anilines is 1. The molecule has 0 saturated carbocycles. The predicted molar refractivity (Wildman–Crippen MR) is 101 cm³/mol. The number of aryl methyl sites for hydroxylation is 3. The molecule has 0 saturated heterocycles. The highest BCUT2D eigenvalue weighted by molar-refractivity contribution is 6.32. The molecule has 3 aromatic rings. The molecule has 0 aliphatic rings. The topological polar surface area (TPSA) is 73.0 Å². The van der Waals surface area contributed by atoms with E-state index in [1.807, 2.05) is 0 Å². The predicted octanol–water partition coefficient (Wildman–Crippen LogP) is 5.20. The van der Waals surface area contributed by atoms with E-state index in [0.717, 1.165) is 18.2 Å². The average Bonchev–Trinajstić information content (AvgIpc) is 3.15. The van der Waals surface area contributed by atoms with Crippen LogP contribution in [0.5, 0.6) is 0 Å². The molecule has 0 fully saturated rings. The zero-order chi connectivity index (χ0) is 21.5. The van der Waals surface area contributed by atoms with Crippen molar-refractivity contribution >= 4 is 23.3 Å². The van der Waals surface area contributed by atoms with Crippen LogP contribution in [0.4, 0.5) is 19.0 Å². The zero-order valence-corrected chi connectivity index (χ0v) is 16.8. The van der Waals surface area contributed by atoms with E-state index in [1.54, 1.807) is 33.8 Å². The van der Waals surface area contributed by atoms with Gasteiger partial charge in [0.25, 0.3) is 0 Å². The summed E-state index contributed by atoms with van der Waals surface area (Å²) in [5, 5.41) is 10.8. The highest BCUT2D eigenvalue weighted by Gasteiger charge is 2.31. The van der Waals surface area contributed by atoms with Crippen LogP contribution >= 0.6 is 11.6 Å². The van der Waals surface area contributed by atoms with Crippen molar-refractivity contribution in [1.29, 1.82) is 0 Å². The lowest BCUT2D eigenvalue weighted by Gasteiger charge is -2.15. The number of alkyl halides is 3. The number of hydrogen-bond donors (Lipinski definition) is 1. The second kappa shape index (κ2) is 7.55. The molecule has 29 heavy (non-hydrogen) atoms. The first-order chi connectivity index (χ1) is 13.5. The number of hydrogen-bond acceptors (Lipinski definition) is 4. The SMILES string of the molecule is Cc1cc(NC(=O)C(C)c2c(C)noc2C)n(-c2cc(C(F)(F)F)ccc2Cl)n1. The van der Waals surface area contributed by atoms with E-state index in [1.165, 1.54) is 4.68 Å². The highest BCUT2D eigenvalue weighted by atomic mass is 35.5. The fourth-order valence-corrected chi connectivity index (χ4v) is 3.29. The Hall–Kier alpha value is -2.81. The number of halogens is 4. The fourth-order valence-electron chi connectivity index (χ4n) is 3.10. The number of carbonyl (C=O) groups excluding carboxylic acids is 1. The summed E-state index contributed by atoms with van der Waals surface area (Å²) in [7, 11) is 0. The molecular formula is C19H18ClF3N4O2. The van der Waals surface area contributed by atoms with E-state index in [4.69, 9.17) is 16.1 Å². The minimum atomic E-state index is -4.54. The van der Waals surface area contributed by atoms with E-state index in [0.29, 0.717) is 22.7 Å². The van der Waals surface area contributed by atoms with Gasteiger partial charge in [-0.2, -0.15) is 18.3 Å². The van der Waals surface area contributed by atoms with Gasteiger partial charge in [-0.1, -0.05) is 16.8 Å². The summed E-state index contributed by atoms with van der Waals surface area (Å²) in [5.41, 5.74) is 0.887. The van der Waals surface area contributed by atoms with E-state index in [9.17, 15) is 18.0 Å². The third-order valence-corrected chi connectivity index (χ3v) is 4.82. The molecule has 1 N–H and O–H groups in total. The Morgan fingerprint density at radius 1 is 1.24 bits per heavy atom. The standard InChI is InChI=1S/C19H18ClF3N4O2/c1-9-7-16(24-18(28)10(2)17-11(3)26-29-12(17)4)27(25-9)15-8-13(19(21,22)23)5-6-14(15)20/h5-8,10H,1-4H3,(H,24,28). The van der Waals surface area contributed by atoms with Crippen LogP contribution in [0.25, 0.3) is 5.69 Å². The van der Waals surface area contributed by atoms with Crippen LogP contribution in [0, 0.1) is 20.8 Å². The second-order valence-corrected chi connectivity index (χ2v) is 7.10. The van der Waals surface area contributed by atoms with Gasteiger partial charge in [-0.25, -0.2) is 4.68 Å². The maximum atomic E-state index is 13.1. The number of benzene rings is 1. The molecular weight excluding hydrogens is 409 g/mol. The van der Waals surface area contributed by atoms with Crippen molar-refractivity contribution in [3.05, 3.63) is 57.6 Å². The van der Waals surface area contributed by atoms with E-state index >= 15 is 0 Å². The van der Waals surface area contributed by atoms with E-state index < -0.39 is 17.7 Å². The summed E-state index contributed by atoms with van der Waals surface area (Å²) in [4.78, 5) is 12.8. The summed E-state index contributed by atoms with van der Waals surface area (Å²) in [6, 6.07) is 4.48. The number of carbonyl (C=O) groups is 1. The first-order valence-corrected chi connectivity index (χ1v) is 9.04. The van der Waals surface area contributed by atoms with Crippen LogP contribution in [-0.4, -0.2) is 20.8 Å². The molecule has 6 nitrogen and oxygen atoms in total. The van der Waals surface area contributed by atoms with Crippen molar-refractivity contribution < 1.29 is 22.5 Å². The molecule has 154 valence electrons. The summed E-state index contributed by atoms with van der Waals surface area (Å²) >= 11 is 6.12. The lowest BCUT2D eigenvalue weighted by molar-refractivity contribution is -0.137. The third kappa shape index (κ3) is 4.14. The van der Waals surface area contributed by atoms with Crippen LogP contribution in [0.2, 0.25) is 5.02 Å². The Labute approximate surface area is 169 Å². The maximum absolute atomic E-state index is 13.1. The number of aromatic nitrogens is 3. The zero-order valence-electron chi connectivity index (χ0n) is 16.1. The lowest BCUT2D eigenvalue weighted by Crippen LogP contribution is -2.21. The molecule has 1 aromatic carbocycles. The van der Waals surface area contributed by atoms with Gasteiger partial charge >= 0.3 is 6.18 Å². The van der Waals surface area contributed by atoms with Gasteiger partial charge in [0, 0.05) is 11.6 Å². The molecule has 0 radical (unpaired) electrons. The van der Waals surface area contributed by atoms with Gasteiger partial charge in [0.1, 0.15) is 11.6 Å². The van der Waals surface area contributed by atoms with E-state index in [-0.39, 0.29) is 22.4 Å². The number of nitrogens with one attached hydrogen (secondary N) is 1. The summed E-state index contributed by atoms with van der Waals surface area (Å²) in [6.07, 6.45) is -4.54. The molecule has 2 aromatic heterocycles. The number of nitrogens with zero attached hydrogens (tertiary/aromatic N) is 3. The Morgan fingerprint density at radius 2 is 1.93 bits per heavy atom. The van der Waals surface area contributed by atoms with Gasteiger partial charge in [0.2, 0.25) is 5.91 Å². The van der Waals surface area contributed by atoms with Crippen LogP contribution in [0.1, 0.15) is 41.1 Å². The van der Waals surface area contributed by atoms with Crippen molar-refractivity contribution in [2.75, 3.05) is 5.32 Å². The van der Waals surface area contributed by atoms with Gasteiger partial charge in [0.15, 0.2) is 0 Å². The van der Waals surface area contributed by atoms with Crippen molar-refractivity contribution in [2.45, 2.75) is 39.8 Å². The molecule has 1 amide bonds. The quantitative estimate of drug-likeness (QED) is 0.622. The van der Waals surface area contributed by atoms with Crippen LogP contribution in [0.15, 0.2) is 28.8 Å². The van der Waals surface area contributed by atoms with Crippen molar-refractivity contribution in [2.24, 2.45) is 0 Å². The minimum Gasteiger partial charge on any atom is -0.361 e. The Morgan fingerprint density at radius 3 is 2.52 bits per heavy atom. The normalized spacial score (nSPS) is 12.8. The largest absolute Gasteiger partial charge is 0.416 e. The molecule has 0 aliphatic heterocycles. The average molecular weight is 427 g/mol. The summed E-state index contributed by atoms with van der Waals surface area (Å²) in [6.45, 7) is 6.78. The molecule has 3 rings (SSSR count). The molecule has 2 heterocycles. The first-order valence-electron chi connectivity index (χ1n) is 8.66. The molecule has 0 bridgehead atoms. The molecule has 10 heteroatoms. The molecule has 0 aliphatic carbocycles. The van der Waals surface area contributed by atoms with Crippen LogP contribution < -0.4 is 5.32 Å². The molecule has 0 spiro atoms. The smallest absolute Gasteiger partial charge is 0.361 e. The Balaban J connectivity index is 1.97. The summed E-state index contributed by atoms with van der Waals surface area (Å²) < 4.78 is 45.6. The van der Waals surface area contributed by atoms with Gasteiger partial charge < -0.3 is 9.84 Å². The second-order valence-electron chi connectivity index (χ2n) is 6.70. The van der Waals surface area contributed by atoms with Gasteiger partial charge in [-0.05, 0) is 45.9 Å². The van der Waals surface area contributed by atoms with Crippen molar-refractivity contribution in [3.63, 3.8) is 0 Å². The van der Waals surface area contributed by atoms with Crippen molar-refractivity contribution in [1.82, 2.24) is 14.9 Å². The van der Waals surface area contributed by atoms with E-state index in [2.05, 4.69) is 15.6 Å². The highest BCUT2D eigenvalue weighted by Crippen LogP contribution is 2.34.